The maximum atomic E-state index is 13.3. The number of benzene rings is 1. The highest BCUT2D eigenvalue weighted by Gasteiger charge is 2.27. The fourth-order valence-electron chi connectivity index (χ4n) is 4.55. The van der Waals surface area contributed by atoms with Gasteiger partial charge in [0.2, 0.25) is 17.7 Å². The monoisotopic (exact) mass is 546 g/mol. The molecule has 1 amide bonds. The number of aromatic nitrogens is 4. The number of piperazine rings is 1. The highest BCUT2D eigenvalue weighted by molar-refractivity contribution is 5.94. The van der Waals surface area contributed by atoms with Gasteiger partial charge in [0.05, 0.1) is 11.8 Å². The van der Waals surface area contributed by atoms with Crippen molar-refractivity contribution in [2.24, 2.45) is 0 Å². The van der Waals surface area contributed by atoms with E-state index in [0.717, 1.165) is 37.3 Å². The summed E-state index contributed by atoms with van der Waals surface area (Å²) in [5.74, 6) is 1.96. The van der Waals surface area contributed by atoms with Gasteiger partial charge in [0.1, 0.15) is 24.2 Å². The van der Waals surface area contributed by atoms with Crippen LogP contribution in [-0.4, -0.2) is 101 Å². The molecule has 1 fully saturated rings. The quantitative estimate of drug-likeness (QED) is 0.252. The van der Waals surface area contributed by atoms with Gasteiger partial charge in [-0.25, -0.2) is 4.98 Å². The second-order valence-electron chi connectivity index (χ2n) is 9.85. The Morgan fingerprint density at radius 3 is 2.60 bits per heavy atom. The molecule has 0 spiro atoms. The van der Waals surface area contributed by atoms with Crippen LogP contribution in [0.15, 0.2) is 47.1 Å². The molecule has 1 aliphatic heterocycles. The molecule has 1 atom stereocenters. The number of hydrogen-bond acceptors (Lipinski definition) is 11. The lowest BCUT2D eigenvalue weighted by atomic mass is 10.2. The lowest BCUT2D eigenvalue weighted by molar-refractivity contribution is -0.131. The Kier molecular flexibility index (Phi) is 7.82. The summed E-state index contributed by atoms with van der Waals surface area (Å²) >= 11 is 0. The predicted octanol–water partition coefficient (Wildman–Crippen LogP) is 2.05. The molecule has 1 aromatic carbocycles. The number of nitrogens with two attached hydrogens (primary N) is 1. The van der Waals surface area contributed by atoms with Crippen LogP contribution < -0.4 is 20.7 Å². The molecule has 0 bridgehead atoms. The molecule has 0 radical (unpaired) electrons. The highest BCUT2D eigenvalue weighted by atomic mass is 16.5. The van der Waals surface area contributed by atoms with Gasteiger partial charge >= 0.3 is 0 Å². The van der Waals surface area contributed by atoms with Crippen LogP contribution in [0.2, 0.25) is 0 Å². The zero-order valence-corrected chi connectivity index (χ0v) is 22.9. The van der Waals surface area contributed by atoms with E-state index in [4.69, 9.17) is 20.3 Å². The minimum atomic E-state index is -0.592. The molecular weight excluding hydrogens is 512 g/mol. The van der Waals surface area contributed by atoms with E-state index in [1.165, 1.54) is 10.8 Å². The Morgan fingerprint density at radius 2 is 1.95 bits per heavy atom. The average Bonchev–Trinajstić information content (AvgIpc) is 3.64. The van der Waals surface area contributed by atoms with Crippen molar-refractivity contribution in [2.75, 3.05) is 69.4 Å². The van der Waals surface area contributed by atoms with Gasteiger partial charge in [0.15, 0.2) is 11.4 Å². The Balaban J connectivity index is 1.21. The number of nitrogen functional groups attached to an aromatic ring is 1. The number of carbonyl (C=O) groups is 1. The fourth-order valence-corrected chi connectivity index (χ4v) is 4.55. The summed E-state index contributed by atoms with van der Waals surface area (Å²) < 4.78 is 12.5. The SMILES string of the molecule is CC(Nc1nc(N)n2nc(-c3ccco3)nc2c1C=N)C(=O)N1CCN(c2ccc(OCCN(C)C)cc2)CC1. The summed E-state index contributed by atoms with van der Waals surface area (Å²) in [6.07, 6.45) is 2.65. The summed E-state index contributed by atoms with van der Waals surface area (Å²) in [5, 5.41) is 15.5. The van der Waals surface area contributed by atoms with Crippen LogP contribution in [0.25, 0.3) is 17.2 Å². The van der Waals surface area contributed by atoms with Crippen LogP contribution in [-0.2, 0) is 4.79 Å². The zero-order valence-electron chi connectivity index (χ0n) is 22.9. The molecule has 4 N–H and O–H groups in total. The first-order valence-corrected chi connectivity index (χ1v) is 13.1. The van der Waals surface area contributed by atoms with E-state index in [1.54, 1.807) is 19.1 Å². The Morgan fingerprint density at radius 1 is 1.20 bits per heavy atom. The van der Waals surface area contributed by atoms with Crippen molar-refractivity contribution in [1.82, 2.24) is 29.4 Å². The number of amides is 1. The number of fused-ring (bicyclic) bond motifs is 1. The molecule has 1 saturated heterocycles. The number of anilines is 3. The molecule has 13 nitrogen and oxygen atoms in total. The standard InChI is InChI=1S/C27H34N10O3/c1-18(30-23-21(17-28)25-31-24(22-5-4-15-40-22)33-37(25)27(29)32-23)26(38)36-12-10-35(11-13-36)19-6-8-20(9-7-19)39-16-14-34(2)3/h4-9,15,17-18,28,30H,10-14,16H2,1-3H3,(H2,29,32). The van der Waals surface area contributed by atoms with Crippen molar-refractivity contribution >= 4 is 35.2 Å². The molecule has 3 aromatic heterocycles. The Hall–Kier alpha value is -4.65. The maximum absolute atomic E-state index is 13.3. The largest absolute Gasteiger partial charge is 0.492 e. The normalized spacial score (nSPS) is 14.5. The van der Waals surface area contributed by atoms with E-state index in [1.807, 2.05) is 31.1 Å². The smallest absolute Gasteiger partial charge is 0.244 e. The summed E-state index contributed by atoms with van der Waals surface area (Å²) in [5.41, 5.74) is 7.97. The van der Waals surface area contributed by atoms with Crippen molar-refractivity contribution in [2.45, 2.75) is 13.0 Å². The van der Waals surface area contributed by atoms with Gasteiger partial charge in [0, 0.05) is 44.6 Å². The van der Waals surface area contributed by atoms with E-state index >= 15 is 0 Å². The lowest BCUT2D eigenvalue weighted by Gasteiger charge is -2.37. The number of rotatable bonds is 10. The third kappa shape index (κ3) is 5.69. The van der Waals surface area contributed by atoms with Gasteiger partial charge in [-0.1, -0.05) is 0 Å². The van der Waals surface area contributed by atoms with Crippen LogP contribution in [0, 0.1) is 5.41 Å². The predicted molar refractivity (Wildman–Crippen MR) is 153 cm³/mol. The average molecular weight is 547 g/mol. The number of ether oxygens (including phenoxy) is 1. The molecule has 40 heavy (non-hydrogen) atoms. The second kappa shape index (κ2) is 11.6. The minimum absolute atomic E-state index is 0.0572. The van der Waals surface area contributed by atoms with E-state index in [2.05, 4.69) is 42.3 Å². The van der Waals surface area contributed by atoms with Crippen molar-refractivity contribution in [3.05, 3.63) is 48.2 Å². The molecule has 0 aliphatic carbocycles. The summed E-state index contributed by atoms with van der Waals surface area (Å²) in [7, 11) is 4.04. The van der Waals surface area contributed by atoms with E-state index < -0.39 is 6.04 Å². The molecule has 13 heteroatoms. The van der Waals surface area contributed by atoms with Crippen LogP contribution in [0.1, 0.15) is 12.5 Å². The molecule has 4 heterocycles. The van der Waals surface area contributed by atoms with Gasteiger partial charge in [-0.3, -0.25) is 4.79 Å². The van der Waals surface area contributed by atoms with Crippen molar-refractivity contribution < 1.29 is 13.9 Å². The first-order chi connectivity index (χ1) is 19.3. The molecule has 1 unspecified atom stereocenters. The zero-order chi connectivity index (χ0) is 28.2. The maximum Gasteiger partial charge on any atom is 0.244 e. The number of nitrogens with zero attached hydrogens (tertiary/aromatic N) is 7. The van der Waals surface area contributed by atoms with Crippen LogP contribution in [0.5, 0.6) is 5.75 Å². The molecule has 5 rings (SSSR count). The van der Waals surface area contributed by atoms with E-state index in [0.29, 0.717) is 48.3 Å². The number of carbonyl (C=O) groups excluding carboxylic acids is 1. The minimum Gasteiger partial charge on any atom is -0.492 e. The van der Waals surface area contributed by atoms with Crippen LogP contribution >= 0.6 is 0 Å². The molecule has 4 aromatic rings. The van der Waals surface area contributed by atoms with Gasteiger partial charge in [-0.15, -0.1) is 5.10 Å². The number of likely N-dealkylation sites (N-methyl/N-ethyl adjacent to an activating group) is 1. The van der Waals surface area contributed by atoms with Crippen LogP contribution in [0.3, 0.4) is 0 Å². The molecule has 210 valence electrons. The van der Waals surface area contributed by atoms with Gasteiger partial charge in [-0.2, -0.15) is 9.50 Å². The van der Waals surface area contributed by atoms with Gasteiger partial charge < -0.3 is 40.3 Å². The first kappa shape index (κ1) is 26.9. The molecule has 0 saturated carbocycles. The van der Waals surface area contributed by atoms with E-state index in [9.17, 15) is 4.79 Å². The Bertz CT molecular complexity index is 1460. The number of hydrogen-bond donors (Lipinski definition) is 3. The molecule has 1 aliphatic rings. The number of furan rings is 1. The lowest BCUT2D eigenvalue weighted by Crippen LogP contribution is -2.52. The van der Waals surface area contributed by atoms with Crippen molar-refractivity contribution in [3.63, 3.8) is 0 Å². The van der Waals surface area contributed by atoms with Gasteiger partial charge in [0.25, 0.3) is 0 Å². The number of nitrogens with one attached hydrogen (secondary N) is 2. The first-order valence-electron chi connectivity index (χ1n) is 13.1. The van der Waals surface area contributed by atoms with Crippen LogP contribution in [0.4, 0.5) is 17.5 Å². The third-order valence-electron chi connectivity index (χ3n) is 6.76. The van der Waals surface area contributed by atoms with Crippen molar-refractivity contribution in [1.29, 1.82) is 5.41 Å². The summed E-state index contributed by atoms with van der Waals surface area (Å²) in [6, 6.07) is 11.0. The second-order valence-corrected chi connectivity index (χ2v) is 9.85. The summed E-state index contributed by atoms with van der Waals surface area (Å²) in [6.45, 7) is 5.90. The Labute approximate surface area is 232 Å². The van der Waals surface area contributed by atoms with E-state index in [-0.39, 0.29) is 11.9 Å². The summed E-state index contributed by atoms with van der Waals surface area (Å²) in [4.78, 5) is 28.4. The van der Waals surface area contributed by atoms with Crippen molar-refractivity contribution in [3.8, 4) is 17.3 Å². The topological polar surface area (TPSA) is 154 Å². The highest BCUT2D eigenvalue weighted by Crippen LogP contribution is 2.24. The van der Waals surface area contributed by atoms with Gasteiger partial charge in [-0.05, 0) is 57.4 Å². The fraction of sp³-hybridized carbons (Fsp3) is 0.370. The third-order valence-corrected chi connectivity index (χ3v) is 6.76. The molecular formula is C27H34N10O3.